The third-order valence-corrected chi connectivity index (χ3v) is 2.79. The molecule has 0 amide bonds. The number of hydrogen-bond acceptors (Lipinski definition) is 6. The Morgan fingerprint density at radius 1 is 1.24 bits per heavy atom. The lowest BCUT2D eigenvalue weighted by molar-refractivity contribution is 0.881. The van der Waals surface area contributed by atoms with Crippen molar-refractivity contribution in [1.82, 2.24) is 30.8 Å². The third-order valence-electron chi connectivity index (χ3n) is 2.79. The number of tetrazole rings is 1. The number of benzene rings is 1. The van der Waals surface area contributed by atoms with E-state index in [0.717, 1.165) is 16.9 Å². The van der Waals surface area contributed by atoms with Crippen LogP contribution in [0.5, 0.6) is 0 Å². The average molecular weight is 278 g/mol. The molecule has 0 unspecified atom stereocenters. The molecule has 3 N–H and O–H groups in total. The molecule has 3 rings (SSSR count). The highest BCUT2D eigenvalue weighted by atomic mass is 15.5. The van der Waals surface area contributed by atoms with Crippen LogP contribution < -0.4 is 5.32 Å². The van der Waals surface area contributed by atoms with Gasteiger partial charge in [-0.1, -0.05) is 12.1 Å². The van der Waals surface area contributed by atoms with Crippen LogP contribution in [0.3, 0.4) is 0 Å². The van der Waals surface area contributed by atoms with E-state index >= 15 is 0 Å². The summed E-state index contributed by atoms with van der Waals surface area (Å²) in [6.07, 6.45) is 3.24. The Balaban J connectivity index is 1.75. The maximum Gasteiger partial charge on any atom is 0.216 e. The maximum absolute atomic E-state index is 9.05. The predicted molar refractivity (Wildman–Crippen MR) is 75.4 cm³/mol. The van der Waals surface area contributed by atoms with Crippen LogP contribution in [-0.4, -0.2) is 30.8 Å². The minimum atomic E-state index is 0.249. The third kappa shape index (κ3) is 2.76. The number of aromatic nitrogens is 6. The van der Waals surface area contributed by atoms with E-state index in [1.165, 1.54) is 6.20 Å². The Morgan fingerprint density at radius 3 is 2.71 bits per heavy atom. The molecule has 0 fully saturated rings. The van der Waals surface area contributed by atoms with Gasteiger partial charge in [-0.15, -0.1) is 10.2 Å². The fraction of sp³-hybridized carbons (Fsp3) is 0. The van der Waals surface area contributed by atoms with Crippen molar-refractivity contribution >= 4 is 11.3 Å². The highest BCUT2D eigenvalue weighted by Gasteiger charge is 2.05. The molecule has 102 valence electrons. The molecular weight excluding hydrogens is 268 g/mol. The van der Waals surface area contributed by atoms with Crippen molar-refractivity contribution in [2.24, 2.45) is 0 Å². The van der Waals surface area contributed by atoms with Crippen LogP contribution in [0.2, 0.25) is 0 Å². The Labute approximate surface area is 119 Å². The number of hydrogen-bond donors (Lipinski definition) is 3. The summed E-state index contributed by atoms with van der Waals surface area (Å²) in [6.45, 7) is 0. The number of allylic oxidation sites excluding steroid dienone is 1. The maximum atomic E-state index is 9.05. The second-order valence-corrected chi connectivity index (χ2v) is 4.10. The normalized spacial score (nSPS) is 11.1. The van der Waals surface area contributed by atoms with E-state index in [0.29, 0.717) is 5.57 Å². The number of H-pyrrole nitrogens is 2. The molecule has 0 saturated carbocycles. The summed E-state index contributed by atoms with van der Waals surface area (Å²) in [4.78, 5) is 0. The first-order valence-corrected chi connectivity index (χ1v) is 6.07. The first-order valence-electron chi connectivity index (χ1n) is 6.07. The molecule has 1 aromatic carbocycles. The number of anilines is 1. The lowest BCUT2D eigenvalue weighted by Gasteiger charge is -2.03. The van der Waals surface area contributed by atoms with Crippen LogP contribution in [0.1, 0.15) is 5.82 Å². The summed E-state index contributed by atoms with van der Waals surface area (Å²) in [5.41, 5.74) is 3.11. The summed E-state index contributed by atoms with van der Waals surface area (Å²) in [7, 11) is 0. The van der Waals surface area contributed by atoms with Gasteiger partial charge in [0, 0.05) is 18.1 Å². The summed E-state index contributed by atoms with van der Waals surface area (Å²) < 4.78 is 0. The predicted octanol–water partition coefficient (Wildman–Crippen LogP) is 1.57. The zero-order chi connectivity index (χ0) is 14.5. The molecule has 0 aliphatic carbocycles. The molecule has 0 spiro atoms. The number of rotatable bonds is 4. The van der Waals surface area contributed by atoms with E-state index in [-0.39, 0.29) is 5.82 Å². The molecule has 3 aromatic rings. The minimum absolute atomic E-state index is 0.249. The van der Waals surface area contributed by atoms with E-state index in [9.17, 15) is 0 Å². The highest BCUT2D eigenvalue weighted by molar-refractivity contribution is 5.74. The van der Waals surface area contributed by atoms with Gasteiger partial charge >= 0.3 is 0 Å². The van der Waals surface area contributed by atoms with Gasteiger partial charge in [-0.3, -0.25) is 5.10 Å². The lowest BCUT2D eigenvalue weighted by Crippen LogP contribution is -1.93. The van der Waals surface area contributed by atoms with Crippen molar-refractivity contribution in [3.8, 4) is 17.3 Å². The van der Waals surface area contributed by atoms with E-state index in [1.54, 1.807) is 6.20 Å². The van der Waals surface area contributed by atoms with Crippen molar-refractivity contribution in [1.29, 1.82) is 5.26 Å². The van der Waals surface area contributed by atoms with Crippen molar-refractivity contribution in [3.63, 3.8) is 0 Å². The van der Waals surface area contributed by atoms with E-state index < -0.39 is 0 Å². The highest BCUT2D eigenvalue weighted by Crippen LogP contribution is 2.19. The van der Waals surface area contributed by atoms with Crippen LogP contribution in [0.25, 0.3) is 16.8 Å². The molecule has 0 aliphatic rings. The van der Waals surface area contributed by atoms with E-state index in [2.05, 4.69) is 36.1 Å². The van der Waals surface area contributed by atoms with E-state index in [4.69, 9.17) is 5.26 Å². The molecular formula is C13H10N8. The van der Waals surface area contributed by atoms with Crippen LogP contribution in [0.4, 0.5) is 5.69 Å². The van der Waals surface area contributed by atoms with Crippen molar-refractivity contribution in [2.45, 2.75) is 0 Å². The molecule has 2 heterocycles. The van der Waals surface area contributed by atoms with Crippen LogP contribution in [0, 0.1) is 11.3 Å². The monoisotopic (exact) mass is 278 g/mol. The zero-order valence-electron chi connectivity index (χ0n) is 10.8. The standard InChI is InChI=1S/C13H10N8/c14-7-10(13-18-20-21-19-13)8-15-11-3-1-9(2-4-11)12-5-6-16-17-12/h1-6,8,15H,(H,16,17)(H,18,19,20,21). The molecule has 0 atom stereocenters. The van der Waals surface area contributed by atoms with Crippen LogP contribution >= 0.6 is 0 Å². The average Bonchev–Trinajstić information content (AvgIpc) is 3.22. The molecule has 8 nitrogen and oxygen atoms in total. The second-order valence-electron chi connectivity index (χ2n) is 4.10. The van der Waals surface area contributed by atoms with Gasteiger partial charge < -0.3 is 5.32 Å². The fourth-order valence-corrected chi connectivity index (χ4v) is 1.74. The van der Waals surface area contributed by atoms with Gasteiger partial charge in [0.2, 0.25) is 5.82 Å². The topological polar surface area (TPSA) is 119 Å². The van der Waals surface area contributed by atoms with Gasteiger partial charge in [0.25, 0.3) is 0 Å². The molecule has 0 bridgehead atoms. The summed E-state index contributed by atoms with van der Waals surface area (Å²) in [5.74, 6) is 0.249. The quantitative estimate of drug-likeness (QED) is 0.623. The van der Waals surface area contributed by atoms with Gasteiger partial charge in [0.15, 0.2) is 0 Å². The van der Waals surface area contributed by atoms with Gasteiger partial charge in [0.1, 0.15) is 11.6 Å². The first-order chi connectivity index (χ1) is 10.4. The Bertz CT molecular complexity index is 763. The second kappa shape index (κ2) is 5.66. The fourth-order valence-electron chi connectivity index (χ4n) is 1.74. The van der Waals surface area contributed by atoms with Crippen LogP contribution in [0.15, 0.2) is 42.7 Å². The summed E-state index contributed by atoms with van der Waals surface area (Å²) in [5, 5.41) is 32.1. The summed E-state index contributed by atoms with van der Waals surface area (Å²) in [6, 6.07) is 11.6. The number of aromatic amines is 2. The summed E-state index contributed by atoms with van der Waals surface area (Å²) >= 11 is 0. The van der Waals surface area contributed by atoms with Crippen LogP contribution in [-0.2, 0) is 0 Å². The molecule has 8 heteroatoms. The SMILES string of the molecule is N#CC(=CNc1ccc(-c2ccn[nH]2)cc1)c1nn[nH]n1. The Kier molecular flexibility index (Phi) is 3.39. The number of nitrogens with one attached hydrogen (secondary N) is 3. The van der Waals surface area contributed by atoms with Gasteiger partial charge in [-0.2, -0.15) is 15.6 Å². The molecule has 0 aliphatic heterocycles. The largest absolute Gasteiger partial charge is 0.360 e. The van der Waals surface area contributed by atoms with Gasteiger partial charge in [0.05, 0.1) is 5.69 Å². The molecule has 0 radical (unpaired) electrons. The van der Waals surface area contributed by atoms with Crippen molar-refractivity contribution in [2.75, 3.05) is 5.32 Å². The van der Waals surface area contributed by atoms with Crippen molar-refractivity contribution in [3.05, 3.63) is 48.6 Å². The first kappa shape index (κ1) is 12.6. The molecule has 2 aromatic heterocycles. The molecule has 21 heavy (non-hydrogen) atoms. The number of nitrogens with zero attached hydrogens (tertiary/aromatic N) is 5. The van der Waals surface area contributed by atoms with Gasteiger partial charge in [-0.25, -0.2) is 0 Å². The minimum Gasteiger partial charge on any atom is -0.360 e. The zero-order valence-corrected chi connectivity index (χ0v) is 10.8. The van der Waals surface area contributed by atoms with Crippen molar-refractivity contribution < 1.29 is 0 Å². The lowest BCUT2D eigenvalue weighted by atomic mass is 10.1. The molecule has 0 saturated heterocycles. The van der Waals surface area contributed by atoms with Gasteiger partial charge in [-0.05, 0) is 29.0 Å². The Morgan fingerprint density at radius 2 is 2.10 bits per heavy atom. The smallest absolute Gasteiger partial charge is 0.216 e. The Hall–Kier alpha value is -3.47. The van der Waals surface area contributed by atoms with E-state index in [1.807, 2.05) is 36.4 Å². The number of nitriles is 1.